The summed E-state index contributed by atoms with van der Waals surface area (Å²) in [6, 6.07) is 12.3. The molecule has 19 heavy (non-hydrogen) atoms. The Bertz CT molecular complexity index is 595. The van der Waals surface area contributed by atoms with E-state index in [4.69, 9.17) is 0 Å². The molecule has 0 unspecified atom stereocenters. The van der Waals surface area contributed by atoms with Crippen molar-refractivity contribution in [3.8, 4) is 0 Å². The van der Waals surface area contributed by atoms with E-state index in [0.29, 0.717) is 0 Å². The van der Waals surface area contributed by atoms with Crippen molar-refractivity contribution in [2.75, 3.05) is 5.43 Å². The summed E-state index contributed by atoms with van der Waals surface area (Å²) >= 11 is 0. The zero-order chi connectivity index (χ0) is 13.8. The molecule has 0 bridgehead atoms. The Kier molecular flexibility index (Phi) is 3.95. The van der Waals surface area contributed by atoms with Crippen molar-refractivity contribution in [1.82, 2.24) is 0 Å². The van der Waals surface area contributed by atoms with Crippen LogP contribution in [0.2, 0.25) is 0 Å². The minimum Gasteiger partial charge on any atom is -0.260 e. The van der Waals surface area contributed by atoms with E-state index in [1.54, 1.807) is 0 Å². The van der Waals surface area contributed by atoms with Gasteiger partial charge in [0.1, 0.15) is 0 Å². The monoisotopic (exact) mass is 253 g/mol. The van der Waals surface area contributed by atoms with Crippen LogP contribution in [0.4, 0.5) is 11.4 Å². The molecule has 3 nitrogen and oxygen atoms in total. The van der Waals surface area contributed by atoms with E-state index in [-0.39, 0.29) is 0 Å². The highest BCUT2D eigenvalue weighted by Crippen LogP contribution is 2.18. The zero-order valence-electron chi connectivity index (χ0n) is 11.9. The molecule has 0 saturated carbocycles. The summed E-state index contributed by atoms with van der Waals surface area (Å²) in [6.07, 6.45) is 0. The lowest BCUT2D eigenvalue weighted by Crippen LogP contribution is -1.88. The van der Waals surface area contributed by atoms with Crippen LogP contribution in [0.25, 0.3) is 0 Å². The highest BCUT2D eigenvalue weighted by atomic mass is 15.4. The van der Waals surface area contributed by atoms with E-state index in [2.05, 4.69) is 55.6 Å². The lowest BCUT2D eigenvalue weighted by atomic mass is 10.1. The van der Waals surface area contributed by atoms with Gasteiger partial charge in [-0.2, -0.15) is 0 Å². The highest BCUT2D eigenvalue weighted by Gasteiger charge is 1.96. The molecule has 2 aromatic carbocycles. The van der Waals surface area contributed by atoms with E-state index in [1.165, 1.54) is 22.3 Å². The van der Waals surface area contributed by atoms with Gasteiger partial charge in [0.25, 0.3) is 0 Å². The second kappa shape index (κ2) is 5.65. The van der Waals surface area contributed by atoms with Crippen molar-refractivity contribution in [1.29, 1.82) is 0 Å². The average Bonchev–Trinajstić information content (AvgIpc) is 2.32. The fourth-order valence-electron chi connectivity index (χ4n) is 1.97. The van der Waals surface area contributed by atoms with Crippen LogP contribution in [0.15, 0.2) is 46.7 Å². The Labute approximate surface area is 114 Å². The molecular formula is C16H19N3. The first-order chi connectivity index (χ1) is 9.04. The molecule has 0 aliphatic rings. The second-order valence-electron chi connectivity index (χ2n) is 4.96. The lowest BCUT2D eigenvalue weighted by molar-refractivity contribution is 1.12. The largest absolute Gasteiger partial charge is 0.260 e. The smallest absolute Gasteiger partial charge is 0.0877 e. The minimum absolute atomic E-state index is 0.861. The molecule has 0 amide bonds. The Morgan fingerprint density at radius 1 is 0.789 bits per heavy atom. The zero-order valence-corrected chi connectivity index (χ0v) is 11.9. The van der Waals surface area contributed by atoms with Gasteiger partial charge in [-0.3, -0.25) is 5.43 Å². The first kappa shape index (κ1) is 13.3. The van der Waals surface area contributed by atoms with Crippen LogP contribution in [-0.4, -0.2) is 0 Å². The van der Waals surface area contributed by atoms with Crippen LogP contribution >= 0.6 is 0 Å². The maximum Gasteiger partial charge on any atom is 0.0877 e. The predicted molar refractivity (Wildman–Crippen MR) is 80.0 cm³/mol. The van der Waals surface area contributed by atoms with Gasteiger partial charge in [0.2, 0.25) is 0 Å². The number of hydrogen-bond donors (Lipinski definition) is 1. The molecule has 0 aliphatic carbocycles. The summed E-state index contributed by atoms with van der Waals surface area (Å²) in [5, 5.41) is 8.22. The van der Waals surface area contributed by atoms with Crippen LogP contribution in [0, 0.1) is 27.7 Å². The van der Waals surface area contributed by atoms with Crippen molar-refractivity contribution in [3.63, 3.8) is 0 Å². The van der Waals surface area contributed by atoms with Gasteiger partial charge in [0.15, 0.2) is 0 Å². The lowest BCUT2D eigenvalue weighted by Gasteiger charge is -2.03. The molecule has 3 heteroatoms. The third-order valence-corrected chi connectivity index (χ3v) is 3.06. The Morgan fingerprint density at radius 2 is 1.47 bits per heavy atom. The van der Waals surface area contributed by atoms with E-state index >= 15 is 0 Å². The van der Waals surface area contributed by atoms with Gasteiger partial charge in [-0.05, 0) is 74.2 Å². The summed E-state index contributed by atoms with van der Waals surface area (Å²) in [4.78, 5) is 0. The molecule has 0 saturated heterocycles. The molecular weight excluding hydrogens is 234 g/mol. The SMILES string of the molecule is Cc1cc(C)cc(NN=Nc2ccc(C)c(C)c2)c1. The minimum atomic E-state index is 0.861. The number of rotatable bonds is 3. The van der Waals surface area contributed by atoms with Crippen LogP contribution in [-0.2, 0) is 0 Å². The molecule has 0 spiro atoms. The van der Waals surface area contributed by atoms with Gasteiger partial charge >= 0.3 is 0 Å². The predicted octanol–water partition coefficient (Wildman–Crippen LogP) is 5.03. The van der Waals surface area contributed by atoms with Crippen molar-refractivity contribution in [2.24, 2.45) is 10.3 Å². The first-order valence-corrected chi connectivity index (χ1v) is 6.37. The number of anilines is 1. The van der Waals surface area contributed by atoms with Gasteiger partial charge in [-0.1, -0.05) is 17.4 Å². The van der Waals surface area contributed by atoms with E-state index < -0.39 is 0 Å². The number of nitrogens with zero attached hydrogens (tertiary/aromatic N) is 2. The Balaban J connectivity index is 2.08. The van der Waals surface area contributed by atoms with Gasteiger partial charge in [-0.15, -0.1) is 5.11 Å². The molecule has 2 rings (SSSR count). The van der Waals surface area contributed by atoms with Gasteiger partial charge in [-0.25, -0.2) is 0 Å². The maximum absolute atomic E-state index is 4.18. The summed E-state index contributed by atoms with van der Waals surface area (Å²) in [5.41, 5.74) is 9.71. The van der Waals surface area contributed by atoms with Gasteiger partial charge in [0, 0.05) is 0 Å². The molecule has 0 radical (unpaired) electrons. The van der Waals surface area contributed by atoms with Crippen LogP contribution in [0.5, 0.6) is 0 Å². The molecule has 98 valence electrons. The average molecular weight is 253 g/mol. The maximum atomic E-state index is 4.18. The van der Waals surface area contributed by atoms with Crippen molar-refractivity contribution in [3.05, 3.63) is 58.7 Å². The van der Waals surface area contributed by atoms with Crippen LogP contribution < -0.4 is 5.43 Å². The molecule has 0 atom stereocenters. The van der Waals surface area contributed by atoms with Gasteiger partial charge < -0.3 is 0 Å². The van der Waals surface area contributed by atoms with E-state index in [0.717, 1.165) is 11.4 Å². The second-order valence-corrected chi connectivity index (χ2v) is 4.96. The Morgan fingerprint density at radius 3 is 2.11 bits per heavy atom. The molecule has 0 heterocycles. The first-order valence-electron chi connectivity index (χ1n) is 6.37. The Hall–Kier alpha value is -2.16. The van der Waals surface area contributed by atoms with Crippen LogP contribution in [0.1, 0.15) is 22.3 Å². The normalized spacial score (nSPS) is 10.9. The van der Waals surface area contributed by atoms with E-state index in [9.17, 15) is 0 Å². The summed E-state index contributed by atoms with van der Waals surface area (Å²) < 4.78 is 0. The molecule has 2 aromatic rings. The van der Waals surface area contributed by atoms with Crippen molar-refractivity contribution < 1.29 is 0 Å². The van der Waals surface area contributed by atoms with Crippen LogP contribution in [0.3, 0.4) is 0 Å². The third kappa shape index (κ3) is 3.65. The molecule has 0 fully saturated rings. The van der Waals surface area contributed by atoms with Gasteiger partial charge in [0.05, 0.1) is 11.4 Å². The van der Waals surface area contributed by atoms with Crippen molar-refractivity contribution in [2.45, 2.75) is 27.7 Å². The standard InChI is InChI=1S/C16H19N3/c1-11-7-12(2)9-16(8-11)18-19-17-15-6-5-13(3)14(4)10-15/h5-10H,1-4H3,(H,17,18). The van der Waals surface area contributed by atoms with E-state index in [1.807, 2.05) is 24.3 Å². The summed E-state index contributed by atoms with van der Waals surface area (Å²) in [6.45, 7) is 8.30. The molecule has 1 N–H and O–H groups in total. The summed E-state index contributed by atoms with van der Waals surface area (Å²) in [5.74, 6) is 0. The highest BCUT2D eigenvalue weighted by molar-refractivity contribution is 5.48. The molecule has 0 aliphatic heterocycles. The number of aryl methyl sites for hydroxylation is 4. The number of nitrogens with one attached hydrogen (secondary N) is 1. The topological polar surface area (TPSA) is 36.8 Å². The number of hydrogen-bond acceptors (Lipinski definition) is 2. The fraction of sp³-hybridized carbons (Fsp3) is 0.250. The van der Waals surface area contributed by atoms with Crippen molar-refractivity contribution >= 4 is 11.4 Å². The quantitative estimate of drug-likeness (QED) is 0.604. The number of benzene rings is 2. The summed E-state index contributed by atoms with van der Waals surface area (Å²) in [7, 11) is 0. The fourth-order valence-corrected chi connectivity index (χ4v) is 1.97. The third-order valence-electron chi connectivity index (χ3n) is 3.06. The molecule has 0 aromatic heterocycles.